The number of carboxylic acid groups (broad SMARTS) is 1. The minimum Gasteiger partial charge on any atom is -0.478 e. The summed E-state index contributed by atoms with van der Waals surface area (Å²) in [6.45, 7) is 4.42. The van der Waals surface area contributed by atoms with Gasteiger partial charge in [0.1, 0.15) is 0 Å². The first kappa shape index (κ1) is 17.5. The fraction of sp³-hybridized carbons (Fsp3) is 0.429. The SMILES string of the molecule is CN(C)C(C)(C)CNC(=O)Nc1c(Br)cccc1C(=O)O. The molecular weight excluding hydrogens is 338 g/mol. The average Bonchev–Trinajstić information content (AvgIpc) is 2.38. The van der Waals surface area contributed by atoms with Gasteiger partial charge in [-0.05, 0) is 56.0 Å². The van der Waals surface area contributed by atoms with Gasteiger partial charge < -0.3 is 20.6 Å². The van der Waals surface area contributed by atoms with Crippen LogP contribution in [0.1, 0.15) is 24.2 Å². The number of halogens is 1. The van der Waals surface area contributed by atoms with Gasteiger partial charge in [-0.3, -0.25) is 0 Å². The number of amides is 2. The molecule has 1 rings (SSSR count). The van der Waals surface area contributed by atoms with Crippen LogP contribution in [0.3, 0.4) is 0 Å². The number of likely N-dealkylation sites (N-methyl/N-ethyl adjacent to an activating group) is 1. The van der Waals surface area contributed by atoms with Gasteiger partial charge in [-0.25, -0.2) is 9.59 Å². The summed E-state index contributed by atoms with van der Waals surface area (Å²) in [4.78, 5) is 25.1. The zero-order valence-corrected chi connectivity index (χ0v) is 14.1. The second-order valence-corrected chi connectivity index (χ2v) is 6.34. The van der Waals surface area contributed by atoms with Gasteiger partial charge in [0.25, 0.3) is 0 Å². The summed E-state index contributed by atoms with van der Waals surface area (Å²) in [7, 11) is 3.85. The van der Waals surface area contributed by atoms with Gasteiger partial charge in [0, 0.05) is 16.6 Å². The van der Waals surface area contributed by atoms with Crippen LogP contribution in [0.2, 0.25) is 0 Å². The zero-order chi connectivity index (χ0) is 16.2. The van der Waals surface area contributed by atoms with Gasteiger partial charge in [-0.15, -0.1) is 0 Å². The molecule has 116 valence electrons. The zero-order valence-electron chi connectivity index (χ0n) is 12.5. The van der Waals surface area contributed by atoms with E-state index in [4.69, 9.17) is 5.11 Å². The number of benzene rings is 1. The van der Waals surface area contributed by atoms with E-state index in [0.717, 1.165) is 0 Å². The molecule has 0 saturated heterocycles. The Hall–Kier alpha value is -1.60. The summed E-state index contributed by atoms with van der Waals surface area (Å²) in [6, 6.07) is 4.27. The Balaban J connectivity index is 2.79. The van der Waals surface area contributed by atoms with Crippen LogP contribution in [-0.4, -0.2) is 48.2 Å². The van der Waals surface area contributed by atoms with Crippen molar-refractivity contribution in [3.63, 3.8) is 0 Å². The minimum absolute atomic E-state index is 0.0337. The van der Waals surface area contributed by atoms with Crippen molar-refractivity contribution in [3.8, 4) is 0 Å². The molecule has 0 unspecified atom stereocenters. The lowest BCUT2D eigenvalue weighted by atomic mass is 10.0. The third kappa shape index (κ3) is 4.71. The molecule has 0 radical (unpaired) electrons. The van der Waals surface area contributed by atoms with Gasteiger partial charge in [-0.2, -0.15) is 0 Å². The van der Waals surface area contributed by atoms with Crippen molar-refractivity contribution in [2.75, 3.05) is 26.0 Å². The number of nitrogens with one attached hydrogen (secondary N) is 2. The lowest BCUT2D eigenvalue weighted by Gasteiger charge is -2.32. The molecule has 0 atom stereocenters. The third-order valence-electron chi connectivity index (χ3n) is 3.37. The third-order valence-corrected chi connectivity index (χ3v) is 4.04. The molecule has 0 aliphatic rings. The van der Waals surface area contributed by atoms with Crippen LogP contribution in [0.25, 0.3) is 0 Å². The van der Waals surface area contributed by atoms with Crippen molar-refractivity contribution >= 4 is 33.6 Å². The molecule has 1 aromatic carbocycles. The number of hydrogen-bond donors (Lipinski definition) is 3. The predicted molar refractivity (Wildman–Crippen MR) is 85.9 cm³/mol. The quantitative estimate of drug-likeness (QED) is 0.756. The van der Waals surface area contributed by atoms with Crippen LogP contribution in [0.4, 0.5) is 10.5 Å². The Kier molecular flexibility index (Phi) is 5.74. The number of aromatic carboxylic acids is 1. The molecule has 0 spiro atoms. The minimum atomic E-state index is -1.10. The van der Waals surface area contributed by atoms with Gasteiger partial charge >= 0.3 is 12.0 Å². The molecule has 2 amide bonds. The normalized spacial score (nSPS) is 11.3. The first-order valence-electron chi connectivity index (χ1n) is 6.39. The van der Waals surface area contributed by atoms with Crippen molar-refractivity contribution in [1.82, 2.24) is 10.2 Å². The van der Waals surface area contributed by atoms with Crippen molar-refractivity contribution in [1.29, 1.82) is 0 Å². The highest BCUT2D eigenvalue weighted by Crippen LogP contribution is 2.26. The lowest BCUT2D eigenvalue weighted by molar-refractivity contribution is 0.0698. The van der Waals surface area contributed by atoms with E-state index in [9.17, 15) is 9.59 Å². The number of para-hydroxylation sites is 1. The van der Waals surface area contributed by atoms with Gasteiger partial charge in [-0.1, -0.05) is 6.07 Å². The number of urea groups is 1. The van der Waals surface area contributed by atoms with Crippen LogP contribution in [-0.2, 0) is 0 Å². The molecule has 0 saturated carbocycles. The summed E-state index contributed by atoms with van der Waals surface area (Å²) < 4.78 is 0.518. The van der Waals surface area contributed by atoms with E-state index < -0.39 is 12.0 Å². The molecule has 7 heteroatoms. The average molecular weight is 358 g/mol. The van der Waals surface area contributed by atoms with Crippen LogP contribution < -0.4 is 10.6 Å². The Morgan fingerprint density at radius 3 is 2.48 bits per heavy atom. The largest absolute Gasteiger partial charge is 0.478 e. The van der Waals surface area contributed by atoms with Crippen molar-refractivity contribution in [2.45, 2.75) is 19.4 Å². The number of anilines is 1. The smallest absolute Gasteiger partial charge is 0.337 e. The van der Waals surface area contributed by atoms with E-state index in [2.05, 4.69) is 26.6 Å². The fourth-order valence-corrected chi connectivity index (χ4v) is 1.91. The van der Waals surface area contributed by atoms with Gasteiger partial charge in [0.15, 0.2) is 0 Å². The molecular formula is C14H20BrN3O3. The second-order valence-electron chi connectivity index (χ2n) is 5.48. The van der Waals surface area contributed by atoms with Crippen LogP contribution in [0.5, 0.6) is 0 Å². The number of nitrogens with zero attached hydrogens (tertiary/aromatic N) is 1. The van der Waals surface area contributed by atoms with Crippen LogP contribution >= 0.6 is 15.9 Å². The number of carboxylic acids is 1. The molecule has 0 aromatic heterocycles. The van der Waals surface area contributed by atoms with Crippen LogP contribution in [0.15, 0.2) is 22.7 Å². The fourth-order valence-electron chi connectivity index (χ4n) is 1.44. The summed E-state index contributed by atoms with van der Waals surface area (Å²) in [5.41, 5.74) is 0.0671. The first-order chi connectivity index (χ1) is 9.65. The Labute approximate surface area is 132 Å². The monoisotopic (exact) mass is 357 g/mol. The van der Waals surface area contributed by atoms with E-state index in [0.29, 0.717) is 11.0 Å². The van der Waals surface area contributed by atoms with Crippen molar-refractivity contribution in [2.24, 2.45) is 0 Å². The predicted octanol–water partition coefficient (Wildman–Crippen LogP) is 2.61. The highest BCUT2D eigenvalue weighted by atomic mass is 79.9. The van der Waals surface area contributed by atoms with E-state index in [-0.39, 0.29) is 16.8 Å². The maximum atomic E-state index is 12.0. The maximum absolute atomic E-state index is 12.0. The van der Waals surface area contributed by atoms with E-state index in [1.807, 2.05) is 32.8 Å². The highest BCUT2D eigenvalue weighted by molar-refractivity contribution is 9.10. The molecule has 1 aromatic rings. The van der Waals surface area contributed by atoms with Gasteiger partial charge in [0.05, 0.1) is 11.3 Å². The van der Waals surface area contributed by atoms with E-state index in [1.54, 1.807) is 12.1 Å². The summed E-state index contributed by atoms with van der Waals surface area (Å²) in [5, 5.41) is 14.5. The highest BCUT2D eigenvalue weighted by Gasteiger charge is 2.22. The molecule has 0 aliphatic carbocycles. The molecule has 0 heterocycles. The van der Waals surface area contributed by atoms with E-state index >= 15 is 0 Å². The Morgan fingerprint density at radius 1 is 1.33 bits per heavy atom. The number of rotatable bonds is 5. The molecule has 0 fully saturated rings. The number of carbonyl (C=O) groups is 2. The summed E-state index contributed by atoms with van der Waals surface area (Å²) in [6.07, 6.45) is 0. The van der Waals surface area contributed by atoms with Gasteiger partial charge in [0.2, 0.25) is 0 Å². The van der Waals surface area contributed by atoms with E-state index in [1.165, 1.54) is 6.07 Å². The van der Waals surface area contributed by atoms with Crippen LogP contribution in [0, 0.1) is 0 Å². The maximum Gasteiger partial charge on any atom is 0.337 e. The first-order valence-corrected chi connectivity index (χ1v) is 7.18. The van der Waals surface area contributed by atoms with Crippen molar-refractivity contribution < 1.29 is 14.7 Å². The lowest BCUT2D eigenvalue weighted by Crippen LogP contribution is -2.49. The molecule has 0 aliphatic heterocycles. The molecule has 3 N–H and O–H groups in total. The van der Waals surface area contributed by atoms with Crippen molar-refractivity contribution in [3.05, 3.63) is 28.2 Å². The Bertz CT molecular complexity index is 544. The second kappa shape index (κ2) is 6.91. The number of carbonyl (C=O) groups excluding carboxylic acids is 1. The molecule has 21 heavy (non-hydrogen) atoms. The summed E-state index contributed by atoms with van der Waals surface area (Å²) in [5.74, 6) is -1.10. The number of hydrogen-bond acceptors (Lipinski definition) is 3. The topological polar surface area (TPSA) is 81.7 Å². The molecule has 6 nitrogen and oxygen atoms in total. The molecule has 0 bridgehead atoms. The summed E-state index contributed by atoms with van der Waals surface area (Å²) >= 11 is 3.24. The Morgan fingerprint density at radius 2 is 1.95 bits per heavy atom. The standard InChI is InChI=1S/C14H20BrN3O3/c1-14(2,18(3)4)8-16-13(21)17-11-9(12(19)20)6-5-7-10(11)15/h5-7H,8H2,1-4H3,(H,19,20)(H2,16,17,21).